The third kappa shape index (κ3) is 1.27. The number of amides is 1. The SMILES string of the molecule is C[C@@H](c1ccco1)N1NC(=O)[C@H]2[C@@H]3CC[C@@H](C3)[C@H]21. The first kappa shape index (κ1) is 10.6. The van der Waals surface area contributed by atoms with E-state index in [1.54, 1.807) is 6.26 Å². The van der Waals surface area contributed by atoms with Crippen molar-refractivity contribution in [2.24, 2.45) is 17.8 Å². The Kier molecular flexibility index (Phi) is 2.13. The van der Waals surface area contributed by atoms with E-state index >= 15 is 0 Å². The van der Waals surface area contributed by atoms with Gasteiger partial charge in [0.2, 0.25) is 5.91 Å². The summed E-state index contributed by atoms with van der Waals surface area (Å²) in [5, 5.41) is 2.15. The molecule has 3 aliphatic rings. The van der Waals surface area contributed by atoms with E-state index in [-0.39, 0.29) is 17.9 Å². The van der Waals surface area contributed by atoms with Crippen LogP contribution in [0.15, 0.2) is 22.8 Å². The maximum atomic E-state index is 12.1. The number of carbonyl (C=O) groups excluding carboxylic acids is 1. The van der Waals surface area contributed by atoms with E-state index in [0.717, 1.165) is 5.76 Å². The molecule has 1 aliphatic heterocycles. The minimum absolute atomic E-state index is 0.123. The van der Waals surface area contributed by atoms with Gasteiger partial charge in [-0.25, -0.2) is 5.01 Å². The van der Waals surface area contributed by atoms with Crippen LogP contribution in [-0.2, 0) is 4.79 Å². The molecule has 2 aliphatic carbocycles. The van der Waals surface area contributed by atoms with Gasteiger partial charge in [-0.15, -0.1) is 0 Å². The highest BCUT2D eigenvalue weighted by Gasteiger charge is 2.58. The Morgan fingerprint density at radius 1 is 1.44 bits per heavy atom. The van der Waals surface area contributed by atoms with Crippen molar-refractivity contribution in [3.8, 4) is 0 Å². The van der Waals surface area contributed by atoms with Crippen molar-refractivity contribution in [1.82, 2.24) is 10.4 Å². The fourth-order valence-electron chi connectivity index (χ4n) is 4.33. The molecule has 1 aromatic heterocycles. The second-order valence-corrected chi connectivity index (χ2v) is 5.92. The maximum absolute atomic E-state index is 12.1. The van der Waals surface area contributed by atoms with Gasteiger partial charge in [-0.3, -0.25) is 10.2 Å². The first-order valence-corrected chi connectivity index (χ1v) is 6.88. The van der Waals surface area contributed by atoms with E-state index in [1.807, 2.05) is 12.1 Å². The van der Waals surface area contributed by atoms with Crippen molar-refractivity contribution in [2.75, 3.05) is 0 Å². The quantitative estimate of drug-likeness (QED) is 0.869. The molecule has 3 fully saturated rings. The molecule has 96 valence electrons. The van der Waals surface area contributed by atoms with Crippen molar-refractivity contribution < 1.29 is 9.21 Å². The fourth-order valence-corrected chi connectivity index (χ4v) is 4.33. The molecule has 1 saturated heterocycles. The smallest absolute Gasteiger partial charge is 0.239 e. The van der Waals surface area contributed by atoms with Gasteiger partial charge in [-0.05, 0) is 50.2 Å². The van der Waals surface area contributed by atoms with Crippen molar-refractivity contribution in [2.45, 2.75) is 38.3 Å². The lowest BCUT2D eigenvalue weighted by Gasteiger charge is -2.32. The number of nitrogens with one attached hydrogen (secondary N) is 1. The second kappa shape index (κ2) is 3.60. The number of carbonyl (C=O) groups is 1. The van der Waals surface area contributed by atoms with E-state index in [0.29, 0.717) is 17.9 Å². The van der Waals surface area contributed by atoms with Crippen LogP contribution in [0.25, 0.3) is 0 Å². The Balaban J connectivity index is 1.65. The summed E-state index contributed by atoms with van der Waals surface area (Å²) >= 11 is 0. The molecule has 0 radical (unpaired) electrons. The van der Waals surface area contributed by atoms with E-state index in [4.69, 9.17) is 4.42 Å². The minimum atomic E-state index is 0.123. The Morgan fingerprint density at radius 2 is 2.28 bits per heavy atom. The van der Waals surface area contributed by atoms with Crippen LogP contribution in [0, 0.1) is 17.8 Å². The minimum Gasteiger partial charge on any atom is -0.468 e. The molecule has 4 nitrogen and oxygen atoms in total. The first-order valence-electron chi connectivity index (χ1n) is 6.88. The molecule has 2 saturated carbocycles. The third-order valence-corrected chi connectivity index (χ3v) is 5.11. The zero-order valence-electron chi connectivity index (χ0n) is 10.5. The van der Waals surface area contributed by atoms with Gasteiger partial charge in [-0.2, -0.15) is 0 Å². The van der Waals surface area contributed by atoms with Crippen molar-refractivity contribution in [3.05, 3.63) is 24.2 Å². The summed E-state index contributed by atoms with van der Waals surface area (Å²) in [6.45, 7) is 2.10. The van der Waals surface area contributed by atoms with E-state index in [9.17, 15) is 4.79 Å². The average Bonchev–Trinajstić information content (AvgIpc) is 3.11. The van der Waals surface area contributed by atoms with Crippen LogP contribution in [0.2, 0.25) is 0 Å². The molecule has 0 unspecified atom stereocenters. The van der Waals surface area contributed by atoms with Crippen LogP contribution < -0.4 is 5.43 Å². The van der Waals surface area contributed by atoms with Crippen LogP contribution >= 0.6 is 0 Å². The molecule has 1 amide bonds. The third-order valence-electron chi connectivity index (χ3n) is 5.11. The van der Waals surface area contributed by atoms with E-state index in [1.165, 1.54) is 19.3 Å². The predicted molar refractivity (Wildman–Crippen MR) is 65.2 cm³/mol. The van der Waals surface area contributed by atoms with Crippen LogP contribution in [0.1, 0.15) is 38.0 Å². The van der Waals surface area contributed by atoms with E-state index in [2.05, 4.69) is 17.4 Å². The molecule has 4 rings (SSSR count). The van der Waals surface area contributed by atoms with Gasteiger partial charge < -0.3 is 4.42 Å². The van der Waals surface area contributed by atoms with Gasteiger partial charge >= 0.3 is 0 Å². The van der Waals surface area contributed by atoms with Crippen LogP contribution in [-0.4, -0.2) is 17.0 Å². The van der Waals surface area contributed by atoms with E-state index < -0.39 is 0 Å². The summed E-state index contributed by atoms with van der Waals surface area (Å²) in [6, 6.07) is 4.40. The zero-order chi connectivity index (χ0) is 12.3. The first-order chi connectivity index (χ1) is 8.75. The molecule has 1 N–H and O–H groups in total. The Labute approximate surface area is 106 Å². The summed E-state index contributed by atoms with van der Waals surface area (Å²) in [6.07, 6.45) is 5.45. The predicted octanol–water partition coefficient (Wildman–Crippen LogP) is 2.10. The number of hydrogen-bond donors (Lipinski definition) is 1. The average molecular weight is 246 g/mol. The highest BCUT2D eigenvalue weighted by molar-refractivity contribution is 5.82. The maximum Gasteiger partial charge on any atom is 0.239 e. The highest BCUT2D eigenvalue weighted by Crippen LogP contribution is 2.53. The highest BCUT2D eigenvalue weighted by atomic mass is 16.3. The lowest BCUT2D eigenvalue weighted by Crippen LogP contribution is -2.43. The Hall–Kier alpha value is -1.29. The number of rotatable bonds is 2. The fraction of sp³-hybridized carbons (Fsp3) is 0.643. The lowest BCUT2D eigenvalue weighted by atomic mass is 9.84. The normalized spacial score (nSPS) is 39.9. The molecule has 0 spiro atoms. The van der Waals surface area contributed by atoms with Gasteiger partial charge in [0.15, 0.2) is 0 Å². The second-order valence-electron chi connectivity index (χ2n) is 5.92. The number of nitrogens with zero attached hydrogens (tertiary/aromatic N) is 1. The van der Waals surface area contributed by atoms with Gasteiger partial charge in [0.25, 0.3) is 0 Å². The van der Waals surface area contributed by atoms with Crippen LogP contribution in [0.4, 0.5) is 0 Å². The van der Waals surface area contributed by atoms with Crippen LogP contribution in [0.5, 0.6) is 0 Å². The zero-order valence-corrected chi connectivity index (χ0v) is 10.5. The number of hydrogen-bond acceptors (Lipinski definition) is 3. The largest absolute Gasteiger partial charge is 0.468 e. The number of hydrazine groups is 1. The summed E-state index contributed by atoms with van der Waals surface area (Å²) in [5.41, 5.74) is 3.08. The molecular formula is C14H18N2O2. The summed E-state index contributed by atoms with van der Waals surface area (Å²) in [7, 11) is 0. The van der Waals surface area contributed by atoms with Gasteiger partial charge in [0.05, 0.1) is 18.2 Å². The van der Waals surface area contributed by atoms with Crippen LogP contribution in [0.3, 0.4) is 0 Å². The molecule has 4 heteroatoms. The lowest BCUT2D eigenvalue weighted by molar-refractivity contribution is -0.125. The number of fused-ring (bicyclic) bond motifs is 5. The molecule has 5 atom stereocenters. The van der Waals surface area contributed by atoms with Gasteiger partial charge in [-0.1, -0.05) is 0 Å². The van der Waals surface area contributed by atoms with Gasteiger partial charge in [0, 0.05) is 6.04 Å². The summed E-state index contributed by atoms with van der Waals surface area (Å²) in [4.78, 5) is 12.1. The Bertz CT molecular complexity index is 470. The van der Waals surface area contributed by atoms with Gasteiger partial charge in [0.1, 0.15) is 5.76 Å². The molecule has 18 heavy (non-hydrogen) atoms. The standard InChI is InChI=1S/C14H18N2O2/c1-8(11-3-2-6-18-11)16-13-10-5-4-9(7-10)12(13)14(17)15-16/h2-3,6,8-10,12-13H,4-5,7H2,1H3,(H,15,17)/t8-,9+,10-,12-,13+/m0/s1. The summed E-state index contributed by atoms with van der Waals surface area (Å²) in [5.74, 6) is 2.69. The number of furan rings is 1. The monoisotopic (exact) mass is 246 g/mol. The van der Waals surface area contributed by atoms with Crippen molar-refractivity contribution >= 4 is 5.91 Å². The van der Waals surface area contributed by atoms with Crippen molar-refractivity contribution in [1.29, 1.82) is 0 Å². The van der Waals surface area contributed by atoms with Crippen molar-refractivity contribution in [3.63, 3.8) is 0 Å². The Morgan fingerprint density at radius 3 is 3.06 bits per heavy atom. The topological polar surface area (TPSA) is 45.5 Å². The molecule has 2 bridgehead atoms. The molecule has 1 aromatic rings. The molecular weight excluding hydrogens is 228 g/mol. The summed E-state index contributed by atoms with van der Waals surface area (Å²) < 4.78 is 5.48. The molecule has 0 aromatic carbocycles. The molecule has 2 heterocycles.